The predicted octanol–water partition coefficient (Wildman–Crippen LogP) is 3.53. The van der Waals surface area contributed by atoms with Gasteiger partial charge in [-0.1, -0.05) is 29.8 Å². The SMILES string of the molecule is COc1cc(C=C2C(=O)N(C)C(=S)N(C)C2=O)ccc1OCc1ccc(Cl)cc1. The minimum atomic E-state index is -0.444. The fourth-order valence-corrected chi connectivity index (χ4v) is 3.07. The molecule has 29 heavy (non-hydrogen) atoms. The number of nitrogens with zero attached hydrogens (tertiary/aromatic N) is 2. The maximum Gasteiger partial charge on any atom is 0.265 e. The standard InChI is InChI=1S/C21H19ClN2O4S/c1-23-19(25)16(20(26)24(2)21(23)29)10-14-6-9-17(18(11-14)27-3)28-12-13-4-7-15(22)8-5-13/h4-11H,12H2,1-3H3. The summed E-state index contributed by atoms with van der Waals surface area (Å²) in [4.78, 5) is 27.5. The number of thiocarbonyl (C=S) groups is 1. The summed E-state index contributed by atoms with van der Waals surface area (Å²) in [5, 5.41) is 0.827. The maximum absolute atomic E-state index is 12.5. The van der Waals surface area contributed by atoms with Crippen molar-refractivity contribution >= 4 is 46.8 Å². The molecule has 0 saturated carbocycles. The molecule has 1 fully saturated rings. The van der Waals surface area contributed by atoms with Crippen LogP contribution in [-0.4, -0.2) is 47.9 Å². The third-order valence-electron chi connectivity index (χ3n) is 4.45. The number of carbonyl (C=O) groups excluding carboxylic acids is 2. The number of hydrogen-bond acceptors (Lipinski definition) is 5. The van der Waals surface area contributed by atoms with Gasteiger partial charge in [-0.15, -0.1) is 0 Å². The topological polar surface area (TPSA) is 59.1 Å². The smallest absolute Gasteiger partial charge is 0.265 e. The zero-order valence-electron chi connectivity index (χ0n) is 16.1. The average Bonchev–Trinajstić information content (AvgIpc) is 2.74. The van der Waals surface area contributed by atoms with Gasteiger partial charge in [-0.25, -0.2) is 0 Å². The van der Waals surface area contributed by atoms with Gasteiger partial charge in [0.25, 0.3) is 11.8 Å². The van der Waals surface area contributed by atoms with Crippen LogP contribution in [0.2, 0.25) is 5.02 Å². The van der Waals surface area contributed by atoms with Crippen LogP contribution >= 0.6 is 23.8 Å². The number of halogens is 1. The van der Waals surface area contributed by atoms with Crippen LogP contribution < -0.4 is 9.47 Å². The van der Waals surface area contributed by atoms with Gasteiger partial charge in [0, 0.05) is 19.1 Å². The molecule has 0 N–H and O–H groups in total. The van der Waals surface area contributed by atoms with Gasteiger partial charge in [0.2, 0.25) is 0 Å². The van der Waals surface area contributed by atoms with E-state index in [-0.39, 0.29) is 10.7 Å². The molecule has 2 aromatic carbocycles. The molecule has 0 aliphatic carbocycles. The van der Waals surface area contributed by atoms with Crippen LogP contribution in [0.1, 0.15) is 11.1 Å². The summed E-state index contributed by atoms with van der Waals surface area (Å²) in [6.45, 7) is 0.345. The quantitative estimate of drug-likeness (QED) is 0.412. The highest BCUT2D eigenvalue weighted by molar-refractivity contribution is 7.80. The van der Waals surface area contributed by atoms with E-state index in [0.717, 1.165) is 5.56 Å². The number of ether oxygens (including phenoxy) is 2. The number of rotatable bonds is 5. The van der Waals surface area contributed by atoms with Crippen molar-refractivity contribution < 1.29 is 19.1 Å². The molecule has 0 aromatic heterocycles. The van der Waals surface area contributed by atoms with E-state index >= 15 is 0 Å². The van der Waals surface area contributed by atoms with E-state index in [4.69, 9.17) is 33.3 Å². The normalized spacial score (nSPS) is 14.3. The zero-order chi connectivity index (χ0) is 21.1. The number of carbonyl (C=O) groups is 2. The van der Waals surface area contributed by atoms with Crippen molar-refractivity contribution in [1.29, 1.82) is 0 Å². The van der Waals surface area contributed by atoms with E-state index in [2.05, 4.69) is 0 Å². The van der Waals surface area contributed by atoms with E-state index in [1.807, 2.05) is 12.1 Å². The van der Waals surface area contributed by atoms with Crippen LogP contribution in [0.4, 0.5) is 0 Å². The Morgan fingerprint density at radius 2 is 1.62 bits per heavy atom. The summed E-state index contributed by atoms with van der Waals surface area (Å²) in [6.07, 6.45) is 1.52. The fourth-order valence-electron chi connectivity index (χ4n) is 2.78. The first-order valence-corrected chi connectivity index (χ1v) is 9.47. The molecule has 6 nitrogen and oxygen atoms in total. The minimum Gasteiger partial charge on any atom is -0.493 e. The predicted molar refractivity (Wildman–Crippen MR) is 115 cm³/mol. The second-order valence-electron chi connectivity index (χ2n) is 6.39. The molecule has 1 aliphatic heterocycles. The lowest BCUT2D eigenvalue weighted by Crippen LogP contribution is -2.52. The van der Waals surface area contributed by atoms with Crippen molar-refractivity contribution in [2.45, 2.75) is 6.61 Å². The average molecular weight is 431 g/mol. The molecule has 2 aromatic rings. The molecule has 1 heterocycles. The highest BCUT2D eigenvalue weighted by Crippen LogP contribution is 2.30. The number of amides is 2. The molecule has 0 bridgehead atoms. The summed E-state index contributed by atoms with van der Waals surface area (Å²) < 4.78 is 11.2. The fraction of sp³-hybridized carbons (Fsp3) is 0.190. The van der Waals surface area contributed by atoms with Gasteiger partial charge >= 0.3 is 0 Å². The maximum atomic E-state index is 12.5. The van der Waals surface area contributed by atoms with Crippen molar-refractivity contribution in [2.24, 2.45) is 0 Å². The van der Waals surface area contributed by atoms with E-state index in [9.17, 15) is 9.59 Å². The second-order valence-corrected chi connectivity index (χ2v) is 7.20. The van der Waals surface area contributed by atoms with E-state index in [0.29, 0.717) is 28.7 Å². The lowest BCUT2D eigenvalue weighted by Gasteiger charge is -2.31. The summed E-state index contributed by atoms with van der Waals surface area (Å²) in [5.41, 5.74) is 1.62. The lowest BCUT2D eigenvalue weighted by atomic mass is 10.1. The van der Waals surface area contributed by atoms with Gasteiger partial charge in [-0.3, -0.25) is 19.4 Å². The Labute approximate surface area is 179 Å². The van der Waals surface area contributed by atoms with Crippen LogP contribution in [0.15, 0.2) is 48.0 Å². The van der Waals surface area contributed by atoms with Gasteiger partial charge in [-0.2, -0.15) is 0 Å². The first-order valence-electron chi connectivity index (χ1n) is 8.69. The van der Waals surface area contributed by atoms with Crippen LogP contribution in [0.25, 0.3) is 6.08 Å². The van der Waals surface area contributed by atoms with Crippen LogP contribution in [0.5, 0.6) is 11.5 Å². The summed E-state index contributed by atoms with van der Waals surface area (Å²) >= 11 is 11.0. The molecule has 150 valence electrons. The number of hydrogen-bond donors (Lipinski definition) is 0. The van der Waals surface area contributed by atoms with Gasteiger partial charge in [0.05, 0.1) is 7.11 Å². The third-order valence-corrected chi connectivity index (χ3v) is 5.25. The summed E-state index contributed by atoms with van der Waals surface area (Å²) in [5.74, 6) is 0.142. The van der Waals surface area contributed by atoms with E-state index < -0.39 is 11.8 Å². The Kier molecular flexibility index (Phi) is 6.20. The molecule has 0 radical (unpaired) electrons. The zero-order valence-corrected chi connectivity index (χ0v) is 17.7. The van der Waals surface area contributed by atoms with Crippen LogP contribution in [-0.2, 0) is 16.2 Å². The Morgan fingerprint density at radius 3 is 2.21 bits per heavy atom. The molecular formula is C21H19ClN2O4S. The first-order chi connectivity index (χ1) is 13.8. The highest BCUT2D eigenvalue weighted by Gasteiger charge is 2.35. The van der Waals surface area contributed by atoms with Crippen molar-refractivity contribution in [3.05, 3.63) is 64.2 Å². The van der Waals surface area contributed by atoms with Crippen molar-refractivity contribution in [3.8, 4) is 11.5 Å². The summed E-state index contributed by atoms with van der Waals surface area (Å²) in [6, 6.07) is 12.5. The molecule has 0 atom stereocenters. The molecule has 1 saturated heterocycles. The Balaban J connectivity index is 1.83. The Morgan fingerprint density at radius 1 is 1.00 bits per heavy atom. The number of benzene rings is 2. The van der Waals surface area contributed by atoms with Gasteiger partial charge in [0.1, 0.15) is 12.2 Å². The Hall–Kier alpha value is -2.90. The molecule has 2 amide bonds. The summed E-state index contributed by atoms with van der Waals surface area (Å²) in [7, 11) is 4.60. The minimum absolute atomic E-state index is 0.0282. The van der Waals surface area contributed by atoms with Crippen molar-refractivity contribution in [1.82, 2.24) is 9.80 Å². The second kappa shape index (κ2) is 8.63. The highest BCUT2D eigenvalue weighted by atomic mass is 35.5. The molecule has 0 unspecified atom stereocenters. The first kappa shape index (κ1) is 20.8. The van der Waals surface area contributed by atoms with Gasteiger partial charge in [0.15, 0.2) is 16.6 Å². The van der Waals surface area contributed by atoms with Crippen LogP contribution in [0.3, 0.4) is 0 Å². The Bertz CT molecular complexity index is 978. The molecule has 0 spiro atoms. The third kappa shape index (κ3) is 4.41. The van der Waals surface area contributed by atoms with Gasteiger partial charge in [-0.05, 0) is 53.7 Å². The molecule has 3 rings (SSSR count). The monoisotopic (exact) mass is 430 g/mol. The van der Waals surface area contributed by atoms with Crippen molar-refractivity contribution in [2.75, 3.05) is 21.2 Å². The van der Waals surface area contributed by atoms with Gasteiger partial charge < -0.3 is 9.47 Å². The molecule has 8 heteroatoms. The van der Waals surface area contributed by atoms with E-state index in [1.165, 1.54) is 37.1 Å². The van der Waals surface area contributed by atoms with Crippen LogP contribution in [0, 0.1) is 0 Å². The molecular weight excluding hydrogens is 412 g/mol. The largest absolute Gasteiger partial charge is 0.493 e. The van der Waals surface area contributed by atoms with E-state index in [1.54, 1.807) is 30.3 Å². The number of methoxy groups -OCH3 is 1. The molecule has 1 aliphatic rings. The van der Waals surface area contributed by atoms with Crippen molar-refractivity contribution in [3.63, 3.8) is 0 Å². The number of likely N-dealkylation sites (N-methyl/N-ethyl adjacent to an activating group) is 2. The lowest BCUT2D eigenvalue weighted by molar-refractivity contribution is -0.132.